The van der Waals surface area contributed by atoms with Crippen LogP contribution < -0.4 is 5.32 Å². The molecule has 8 heteroatoms. The molecule has 0 fully saturated rings. The third kappa shape index (κ3) is 3.72. The monoisotopic (exact) mass is 327 g/mol. The quantitative estimate of drug-likeness (QED) is 0.567. The molecule has 0 aliphatic rings. The molecule has 0 saturated carbocycles. The molecule has 2 aromatic heterocycles. The van der Waals surface area contributed by atoms with Crippen molar-refractivity contribution in [3.8, 4) is 11.4 Å². The molecule has 0 unspecified atom stereocenters. The number of aromatic nitrogens is 4. The van der Waals surface area contributed by atoms with E-state index in [-0.39, 0.29) is 12.5 Å². The molecule has 3 aromatic rings. The molecule has 0 spiro atoms. The molecule has 7 nitrogen and oxygen atoms in total. The molecule has 1 aromatic carbocycles. The lowest BCUT2D eigenvalue weighted by atomic mass is 10.2. The zero-order valence-corrected chi connectivity index (χ0v) is 13.1. The molecule has 0 bridgehead atoms. The first-order valence-electron chi connectivity index (χ1n) is 6.78. The van der Waals surface area contributed by atoms with Gasteiger partial charge >= 0.3 is 0 Å². The summed E-state index contributed by atoms with van der Waals surface area (Å²) in [4.78, 5) is 24.4. The zero-order chi connectivity index (χ0) is 16.1. The van der Waals surface area contributed by atoms with Crippen LogP contribution in [0.2, 0.25) is 0 Å². The van der Waals surface area contributed by atoms with Gasteiger partial charge in [-0.25, -0.2) is 9.97 Å². The van der Waals surface area contributed by atoms with Gasteiger partial charge in [0.15, 0.2) is 5.16 Å². The van der Waals surface area contributed by atoms with Crippen LogP contribution in [0.4, 0.5) is 0 Å². The minimum absolute atomic E-state index is 0.142. The van der Waals surface area contributed by atoms with Crippen LogP contribution in [-0.2, 0) is 6.54 Å². The Hall–Kier alpha value is -2.74. The first kappa shape index (κ1) is 15.2. The van der Waals surface area contributed by atoms with Crippen LogP contribution in [0.15, 0.2) is 52.4 Å². The van der Waals surface area contributed by atoms with Gasteiger partial charge in [-0.2, -0.15) is 4.98 Å². The van der Waals surface area contributed by atoms with Gasteiger partial charge in [-0.15, -0.1) is 0 Å². The smallest absolute Gasteiger partial charge is 0.254 e. The van der Waals surface area contributed by atoms with Crippen LogP contribution in [0.1, 0.15) is 16.2 Å². The minimum Gasteiger partial charge on any atom is -0.343 e. The van der Waals surface area contributed by atoms with Crippen molar-refractivity contribution >= 4 is 17.7 Å². The summed E-state index contributed by atoms with van der Waals surface area (Å²) in [5.74, 6) is 0.526. The highest BCUT2D eigenvalue weighted by atomic mass is 32.2. The Labute approximate surface area is 136 Å². The van der Waals surface area contributed by atoms with Crippen LogP contribution in [0, 0.1) is 0 Å². The number of nitrogens with zero attached hydrogens (tertiary/aromatic N) is 4. The molecule has 0 aliphatic heterocycles. The fourth-order valence-corrected chi connectivity index (χ4v) is 2.14. The van der Waals surface area contributed by atoms with Crippen molar-refractivity contribution in [1.82, 2.24) is 25.4 Å². The molecule has 3 rings (SSSR count). The molecule has 0 radical (unpaired) electrons. The topological polar surface area (TPSA) is 93.8 Å². The number of carbonyl (C=O) groups excluding carboxylic acids is 1. The van der Waals surface area contributed by atoms with E-state index in [9.17, 15) is 4.79 Å². The zero-order valence-electron chi connectivity index (χ0n) is 12.3. The summed E-state index contributed by atoms with van der Waals surface area (Å²) in [5.41, 5.74) is 1.24. The van der Waals surface area contributed by atoms with Crippen LogP contribution in [-0.4, -0.2) is 32.3 Å². The third-order valence-electron chi connectivity index (χ3n) is 2.97. The Balaban J connectivity index is 1.62. The molecular weight excluding hydrogens is 314 g/mol. The Morgan fingerprint density at radius 2 is 1.96 bits per heavy atom. The highest BCUT2D eigenvalue weighted by Gasteiger charge is 2.11. The number of benzene rings is 1. The van der Waals surface area contributed by atoms with Crippen LogP contribution in [0.5, 0.6) is 0 Å². The number of nitrogens with one attached hydrogen (secondary N) is 1. The Bertz CT molecular complexity index is 789. The Kier molecular flexibility index (Phi) is 4.62. The summed E-state index contributed by atoms with van der Waals surface area (Å²) in [6.45, 7) is 0.142. The second-order valence-corrected chi connectivity index (χ2v) is 5.29. The number of hydrogen-bond acceptors (Lipinski definition) is 7. The van der Waals surface area contributed by atoms with E-state index in [0.717, 1.165) is 5.56 Å². The van der Waals surface area contributed by atoms with E-state index in [0.29, 0.717) is 22.4 Å². The second-order valence-electron chi connectivity index (χ2n) is 4.52. The molecule has 2 heterocycles. The molecular formula is C15H13N5O2S. The van der Waals surface area contributed by atoms with E-state index in [4.69, 9.17) is 4.52 Å². The maximum absolute atomic E-state index is 12.0. The number of hydrogen-bond donors (Lipinski definition) is 1. The van der Waals surface area contributed by atoms with Crippen LogP contribution >= 0.6 is 11.8 Å². The maximum atomic E-state index is 12.0. The van der Waals surface area contributed by atoms with Gasteiger partial charge in [-0.05, 0) is 6.26 Å². The standard InChI is InChI=1S/C15H13N5O2S/c1-23-15-17-7-11(8-18-15)14(21)16-9-12-19-13(20-22-12)10-5-3-2-4-6-10/h2-8H,9H2,1H3,(H,16,21). The van der Waals surface area contributed by atoms with Gasteiger partial charge in [0.25, 0.3) is 5.91 Å². The molecule has 0 atom stereocenters. The van der Waals surface area contributed by atoms with Gasteiger partial charge in [0.05, 0.1) is 12.1 Å². The molecule has 1 amide bonds. The summed E-state index contributed by atoms with van der Waals surface area (Å²) in [6.07, 6.45) is 4.84. The number of rotatable bonds is 5. The van der Waals surface area contributed by atoms with Gasteiger partial charge < -0.3 is 9.84 Å². The van der Waals surface area contributed by atoms with Crippen LogP contribution in [0.3, 0.4) is 0 Å². The maximum Gasteiger partial charge on any atom is 0.254 e. The first-order chi connectivity index (χ1) is 11.3. The van der Waals surface area contributed by atoms with Crippen molar-refractivity contribution in [2.75, 3.05) is 6.26 Å². The van der Waals surface area contributed by atoms with Gasteiger partial charge in [-0.3, -0.25) is 4.79 Å². The van der Waals surface area contributed by atoms with E-state index >= 15 is 0 Å². The summed E-state index contributed by atoms with van der Waals surface area (Å²) >= 11 is 1.41. The lowest BCUT2D eigenvalue weighted by Crippen LogP contribution is -2.23. The third-order valence-corrected chi connectivity index (χ3v) is 3.55. The van der Waals surface area contributed by atoms with Gasteiger partial charge in [-0.1, -0.05) is 47.3 Å². The summed E-state index contributed by atoms with van der Waals surface area (Å²) < 4.78 is 5.13. The first-order valence-corrected chi connectivity index (χ1v) is 8.01. The lowest BCUT2D eigenvalue weighted by molar-refractivity contribution is 0.0945. The molecule has 116 valence electrons. The van der Waals surface area contributed by atoms with Gasteiger partial charge in [0.1, 0.15) is 0 Å². The van der Waals surface area contributed by atoms with Gasteiger partial charge in [0, 0.05) is 18.0 Å². The second kappa shape index (κ2) is 7.01. The van der Waals surface area contributed by atoms with Crippen molar-refractivity contribution in [3.63, 3.8) is 0 Å². The Morgan fingerprint density at radius 1 is 1.22 bits per heavy atom. The highest BCUT2D eigenvalue weighted by Crippen LogP contribution is 2.14. The van der Waals surface area contributed by atoms with Gasteiger partial charge in [0.2, 0.25) is 11.7 Å². The number of thioether (sulfide) groups is 1. The summed E-state index contributed by atoms with van der Waals surface area (Å²) in [6, 6.07) is 9.47. The molecule has 0 saturated heterocycles. The van der Waals surface area contributed by atoms with E-state index in [1.54, 1.807) is 0 Å². The SMILES string of the molecule is CSc1ncc(C(=O)NCc2nc(-c3ccccc3)no2)cn1. The van der Waals surface area contributed by atoms with Crippen LogP contribution in [0.25, 0.3) is 11.4 Å². The highest BCUT2D eigenvalue weighted by molar-refractivity contribution is 7.98. The Morgan fingerprint density at radius 3 is 2.65 bits per heavy atom. The van der Waals surface area contributed by atoms with E-state index in [1.165, 1.54) is 24.2 Å². The number of carbonyl (C=O) groups is 1. The van der Waals surface area contributed by atoms with Crippen molar-refractivity contribution in [1.29, 1.82) is 0 Å². The van der Waals surface area contributed by atoms with Crippen molar-refractivity contribution in [3.05, 3.63) is 54.2 Å². The largest absolute Gasteiger partial charge is 0.343 e. The molecule has 1 N–H and O–H groups in total. The lowest BCUT2D eigenvalue weighted by Gasteiger charge is -2.01. The fraction of sp³-hybridized carbons (Fsp3) is 0.133. The van der Waals surface area contributed by atoms with E-state index < -0.39 is 0 Å². The van der Waals surface area contributed by atoms with E-state index in [1.807, 2.05) is 36.6 Å². The molecule has 0 aliphatic carbocycles. The van der Waals surface area contributed by atoms with Crippen molar-refractivity contribution in [2.45, 2.75) is 11.7 Å². The normalized spacial score (nSPS) is 10.5. The predicted molar refractivity (Wildman–Crippen MR) is 84.7 cm³/mol. The summed E-state index contributed by atoms with van der Waals surface area (Å²) in [7, 11) is 0. The average molecular weight is 327 g/mol. The molecule has 23 heavy (non-hydrogen) atoms. The fourth-order valence-electron chi connectivity index (χ4n) is 1.83. The summed E-state index contributed by atoms with van der Waals surface area (Å²) in [5, 5.41) is 7.21. The van der Waals surface area contributed by atoms with E-state index in [2.05, 4.69) is 25.4 Å². The number of amides is 1. The van der Waals surface area contributed by atoms with Crippen molar-refractivity contribution < 1.29 is 9.32 Å². The average Bonchev–Trinajstić information content (AvgIpc) is 3.09. The minimum atomic E-state index is -0.294. The predicted octanol–water partition coefficient (Wildman–Crippen LogP) is 2.18. The van der Waals surface area contributed by atoms with Crippen molar-refractivity contribution in [2.24, 2.45) is 0 Å².